The van der Waals surface area contributed by atoms with Gasteiger partial charge in [0, 0.05) is 24.9 Å². The van der Waals surface area contributed by atoms with Gasteiger partial charge < -0.3 is 5.32 Å². The summed E-state index contributed by atoms with van der Waals surface area (Å²) in [7, 11) is 0. The van der Waals surface area contributed by atoms with E-state index in [1.807, 2.05) is 0 Å². The average Bonchev–Trinajstić information content (AvgIpc) is 3.16. The highest BCUT2D eigenvalue weighted by Crippen LogP contribution is 2.24. The number of piperidine rings is 1. The van der Waals surface area contributed by atoms with Gasteiger partial charge in [0.15, 0.2) is 11.6 Å². The molecule has 1 aromatic carbocycles. The Morgan fingerprint density at radius 1 is 1.34 bits per heavy atom. The molecule has 4 nitrogen and oxygen atoms in total. The van der Waals surface area contributed by atoms with Crippen molar-refractivity contribution in [3.63, 3.8) is 0 Å². The first-order chi connectivity index (χ1) is 13.9. The number of rotatable bonds is 8. The van der Waals surface area contributed by atoms with E-state index < -0.39 is 11.6 Å². The zero-order valence-electron chi connectivity index (χ0n) is 17.1. The predicted molar refractivity (Wildman–Crippen MR) is 112 cm³/mol. The van der Waals surface area contributed by atoms with E-state index in [9.17, 15) is 13.6 Å². The van der Waals surface area contributed by atoms with E-state index in [1.54, 1.807) is 11.3 Å². The summed E-state index contributed by atoms with van der Waals surface area (Å²) < 4.78 is 26.2. The second-order valence-electron chi connectivity index (χ2n) is 8.13. The van der Waals surface area contributed by atoms with Gasteiger partial charge in [0.25, 0.3) is 0 Å². The largest absolute Gasteiger partial charge is 0.352 e. The lowest BCUT2D eigenvalue weighted by Gasteiger charge is -2.32. The standard InChI is InChI=1S/C22H29F2N3OS/c1-15(2)20-14-29-22(26-20)13-27-9-3-4-16(12-27)6-8-21(28)25-11-17-5-7-18(23)19(24)10-17/h5,7,10,14-16H,3-4,6,8-9,11-13H2,1-2H3,(H,25,28)/t16-/m1/s1. The molecule has 1 aliphatic rings. The number of benzene rings is 1. The van der Waals surface area contributed by atoms with E-state index in [-0.39, 0.29) is 12.5 Å². The fourth-order valence-corrected chi connectivity index (χ4v) is 4.66. The monoisotopic (exact) mass is 421 g/mol. The van der Waals surface area contributed by atoms with Gasteiger partial charge in [0.05, 0.1) is 12.2 Å². The Labute approximate surface area is 175 Å². The van der Waals surface area contributed by atoms with Crippen molar-refractivity contribution in [3.05, 3.63) is 51.5 Å². The topological polar surface area (TPSA) is 45.2 Å². The molecule has 1 fully saturated rings. The van der Waals surface area contributed by atoms with Crippen LogP contribution in [0.15, 0.2) is 23.6 Å². The highest BCUT2D eigenvalue weighted by molar-refractivity contribution is 7.09. The molecule has 29 heavy (non-hydrogen) atoms. The van der Waals surface area contributed by atoms with Crippen molar-refractivity contribution >= 4 is 17.2 Å². The van der Waals surface area contributed by atoms with Crippen molar-refractivity contribution in [1.29, 1.82) is 0 Å². The van der Waals surface area contributed by atoms with Crippen LogP contribution in [-0.4, -0.2) is 28.9 Å². The first kappa shape index (κ1) is 21.8. The lowest BCUT2D eigenvalue weighted by atomic mass is 9.93. The van der Waals surface area contributed by atoms with Crippen LogP contribution in [0.25, 0.3) is 0 Å². The van der Waals surface area contributed by atoms with Crippen molar-refractivity contribution in [1.82, 2.24) is 15.2 Å². The Bertz CT molecular complexity index is 824. The van der Waals surface area contributed by atoms with E-state index in [2.05, 4.69) is 29.4 Å². The summed E-state index contributed by atoms with van der Waals surface area (Å²) in [6, 6.07) is 3.69. The first-order valence-electron chi connectivity index (χ1n) is 10.3. The first-order valence-corrected chi connectivity index (χ1v) is 11.2. The van der Waals surface area contributed by atoms with Crippen molar-refractivity contribution in [2.75, 3.05) is 13.1 Å². The Balaban J connectivity index is 1.40. The number of halogens is 2. The molecule has 2 heterocycles. The maximum Gasteiger partial charge on any atom is 0.220 e. The van der Waals surface area contributed by atoms with Gasteiger partial charge in [-0.15, -0.1) is 11.3 Å². The molecule has 0 unspecified atom stereocenters. The summed E-state index contributed by atoms with van der Waals surface area (Å²) in [5, 5.41) is 6.12. The predicted octanol–water partition coefficient (Wildman–Crippen LogP) is 4.85. The molecule has 1 aliphatic heterocycles. The van der Waals surface area contributed by atoms with Gasteiger partial charge in [0.1, 0.15) is 5.01 Å². The van der Waals surface area contributed by atoms with Crippen LogP contribution < -0.4 is 5.32 Å². The molecular weight excluding hydrogens is 392 g/mol. The van der Waals surface area contributed by atoms with Crippen molar-refractivity contribution in [2.45, 2.75) is 58.5 Å². The highest BCUT2D eigenvalue weighted by atomic mass is 32.1. The number of amides is 1. The number of hydrogen-bond acceptors (Lipinski definition) is 4. The van der Waals surface area contributed by atoms with Crippen LogP contribution in [0.3, 0.4) is 0 Å². The second-order valence-corrected chi connectivity index (χ2v) is 9.07. The molecule has 1 saturated heterocycles. The number of carbonyl (C=O) groups excluding carboxylic acids is 1. The fraction of sp³-hybridized carbons (Fsp3) is 0.545. The van der Waals surface area contributed by atoms with E-state index in [4.69, 9.17) is 4.98 Å². The Kier molecular flexibility index (Phi) is 7.72. The summed E-state index contributed by atoms with van der Waals surface area (Å²) in [5.74, 6) is -0.852. The summed E-state index contributed by atoms with van der Waals surface area (Å²) in [5.41, 5.74) is 1.72. The SMILES string of the molecule is CC(C)c1csc(CN2CCC[C@H](CCC(=O)NCc3ccc(F)c(F)c3)C2)n1. The molecule has 0 saturated carbocycles. The van der Waals surface area contributed by atoms with Crippen LogP contribution in [0.5, 0.6) is 0 Å². The zero-order chi connectivity index (χ0) is 20.8. The smallest absolute Gasteiger partial charge is 0.220 e. The van der Waals surface area contributed by atoms with Gasteiger partial charge >= 0.3 is 0 Å². The Morgan fingerprint density at radius 3 is 2.90 bits per heavy atom. The number of thiazole rings is 1. The third kappa shape index (κ3) is 6.57. The molecule has 1 aromatic heterocycles. The van der Waals surface area contributed by atoms with Crippen LogP contribution in [0.4, 0.5) is 8.78 Å². The van der Waals surface area contributed by atoms with E-state index >= 15 is 0 Å². The minimum Gasteiger partial charge on any atom is -0.352 e. The second kappa shape index (κ2) is 10.3. The van der Waals surface area contributed by atoms with Crippen molar-refractivity contribution in [3.8, 4) is 0 Å². The molecule has 3 rings (SSSR count). The van der Waals surface area contributed by atoms with Gasteiger partial charge in [-0.3, -0.25) is 9.69 Å². The molecule has 1 atom stereocenters. The molecule has 0 bridgehead atoms. The number of nitrogens with zero attached hydrogens (tertiary/aromatic N) is 2. The van der Waals surface area contributed by atoms with Crippen LogP contribution in [0.1, 0.15) is 61.7 Å². The summed E-state index contributed by atoms with van der Waals surface area (Å²) in [4.78, 5) is 19.3. The van der Waals surface area contributed by atoms with Gasteiger partial charge in [-0.25, -0.2) is 13.8 Å². The molecule has 1 N–H and O–H groups in total. The van der Waals surface area contributed by atoms with Crippen molar-refractivity contribution in [2.24, 2.45) is 5.92 Å². The molecule has 7 heteroatoms. The minimum absolute atomic E-state index is 0.0478. The fourth-order valence-electron chi connectivity index (χ4n) is 3.66. The molecule has 0 aliphatic carbocycles. The Hall–Kier alpha value is -1.86. The lowest BCUT2D eigenvalue weighted by molar-refractivity contribution is -0.121. The van der Waals surface area contributed by atoms with Gasteiger partial charge in [-0.05, 0) is 55.3 Å². The molecule has 1 amide bonds. The minimum atomic E-state index is -0.889. The third-order valence-electron chi connectivity index (χ3n) is 5.38. The quantitative estimate of drug-likeness (QED) is 0.663. The van der Waals surface area contributed by atoms with Crippen LogP contribution in [-0.2, 0) is 17.9 Å². The molecular formula is C22H29F2N3OS. The normalized spacial score (nSPS) is 17.6. The van der Waals surface area contributed by atoms with Gasteiger partial charge in [-0.1, -0.05) is 19.9 Å². The highest BCUT2D eigenvalue weighted by Gasteiger charge is 2.21. The zero-order valence-corrected chi connectivity index (χ0v) is 17.9. The number of likely N-dealkylation sites (tertiary alicyclic amines) is 1. The molecule has 158 valence electrons. The molecule has 0 radical (unpaired) electrons. The third-order valence-corrected chi connectivity index (χ3v) is 6.23. The average molecular weight is 422 g/mol. The summed E-state index contributed by atoms with van der Waals surface area (Å²) >= 11 is 1.73. The van der Waals surface area contributed by atoms with E-state index in [1.165, 1.54) is 11.1 Å². The van der Waals surface area contributed by atoms with Gasteiger partial charge in [-0.2, -0.15) is 0 Å². The van der Waals surface area contributed by atoms with Gasteiger partial charge in [0.2, 0.25) is 5.91 Å². The van der Waals surface area contributed by atoms with E-state index in [0.717, 1.165) is 56.7 Å². The Morgan fingerprint density at radius 2 is 2.17 bits per heavy atom. The summed E-state index contributed by atoms with van der Waals surface area (Å²) in [6.45, 7) is 7.49. The molecule has 0 spiro atoms. The summed E-state index contributed by atoms with van der Waals surface area (Å²) in [6.07, 6.45) is 3.58. The number of nitrogens with one attached hydrogen (secondary N) is 1. The number of aromatic nitrogens is 1. The number of hydrogen-bond donors (Lipinski definition) is 1. The maximum absolute atomic E-state index is 13.2. The van der Waals surface area contributed by atoms with Crippen molar-refractivity contribution < 1.29 is 13.6 Å². The number of carbonyl (C=O) groups is 1. The maximum atomic E-state index is 13.2. The van der Waals surface area contributed by atoms with E-state index in [0.29, 0.717) is 23.8 Å². The lowest BCUT2D eigenvalue weighted by Crippen LogP contribution is -2.35. The van der Waals surface area contributed by atoms with Crippen LogP contribution >= 0.6 is 11.3 Å². The van der Waals surface area contributed by atoms with Crippen LogP contribution in [0, 0.1) is 17.6 Å². The van der Waals surface area contributed by atoms with Crippen LogP contribution in [0.2, 0.25) is 0 Å². The molecule has 2 aromatic rings.